The van der Waals surface area contributed by atoms with Gasteiger partial charge in [-0.2, -0.15) is 0 Å². The van der Waals surface area contributed by atoms with Crippen LogP contribution in [0.25, 0.3) is 0 Å². The lowest BCUT2D eigenvalue weighted by atomic mass is 9.79. The molecule has 16 nitrogen and oxygen atoms in total. The van der Waals surface area contributed by atoms with Gasteiger partial charge in [-0.15, -0.1) is 23.5 Å². The molecule has 5 aliphatic heterocycles. The number of Topliss-reactive ketones (excluding diaryl/α,β-unsaturated/α-hetero) is 1. The summed E-state index contributed by atoms with van der Waals surface area (Å²) in [5.74, 6) is -2.20. The van der Waals surface area contributed by atoms with Crippen LogP contribution in [0, 0.1) is 16.7 Å². The third-order valence-electron chi connectivity index (χ3n) is 15.1. The van der Waals surface area contributed by atoms with E-state index in [1.165, 1.54) is 0 Å². The van der Waals surface area contributed by atoms with Crippen LogP contribution in [0.2, 0.25) is 0 Å². The average Bonchev–Trinajstić information content (AvgIpc) is 3.67. The molecule has 0 unspecified atom stereocenters. The van der Waals surface area contributed by atoms with E-state index >= 15 is 0 Å². The molecule has 7 amide bonds. The number of hydrogen-bond donors (Lipinski definition) is 4. The quantitative estimate of drug-likeness (QED) is 0.201. The highest BCUT2D eigenvalue weighted by Gasteiger charge is 2.56. The molecule has 0 spiro atoms. The van der Waals surface area contributed by atoms with Crippen molar-refractivity contribution in [2.45, 2.75) is 140 Å². The fourth-order valence-electron chi connectivity index (χ4n) is 10.8. The predicted octanol–water partition coefficient (Wildman–Crippen LogP) is 4.06. The number of benzene rings is 2. The molecule has 5 heterocycles. The summed E-state index contributed by atoms with van der Waals surface area (Å²) >= 11 is 3.23. The molecule has 2 aromatic rings. The van der Waals surface area contributed by atoms with Crippen molar-refractivity contribution in [2.75, 3.05) is 44.7 Å². The second-order valence-electron chi connectivity index (χ2n) is 21.0. The number of likely N-dealkylation sites (N-methyl/N-ethyl adjacent to an activating group) is 1. The zero-order valence-electron chi connectivity index (χ0n) is 41.9. The molecule has 4 N–H and O–H groups in total. The van der Waals surface area contributed by atoms with Crippen molar-refractivity contribution < 1.29 is 38.4 Å². The van der Waals surface area contributed by atoms with Crippen molar-refractivity contribution in [2.24, 2.45) is 16.7 Å². The van der Waals surface area contributed by atoms with E-state index in [9.17, 15) is 38.4 Å². The standard InChI is InChI=1S/C52H72N8O8S2/c1-9-31(2)44(62)54-36-20-26-70-40-30-52(6,7)43(60(40)49(36)67)46(64)56-41(34-18-14-11-15-19-34)50(68)58-24-22-57(23-25-58)47(65)35(33-16-12-10-13-17-33)28-38(61)42-51(4,5)29-39-59(42)48(66)37(21-27-69-39)55-45(63)32(3)53-8/h10-19,31-32,35-37,39-43,53H,9,20-30H2,1-8H3,(H,54,62)(H,55,63)(H,56,64)/t31-,32+,35+,36+,37+,39+,40+,41+,42-,43-/m1/s1. The lowest BCUT2D eigenvalue weighted by molar-refractivity contribution is -0.147. The Hall–Kier alpha value is -4.94. The van der Waals surface area contributed by atoms with E-state index in [1.54, 1.807) is 81.4 Å². The van der Waals surface area contributed by atoms with E-state index < -0.39 is 58.9 Å². The number of hydrogen-bond acceptors (Lipinski definition) is 11. The third kappa shape index (κ3) is 11.2. The Morgan fingerprint density at radius 1 is 0.671 bits per heavy atom. The van der Waals surface area contributed by atoms with Crippen LogP contribution in [-0.4, -0.2) is 152 Å². The first-order valence-corrected chi connectivity index (χ1v) is 27.0. The number of ketones is 1. The van der Waals surface area contributed by atoms with Gasteiger partial charge in [-0.05, 0) is 79.5 Å². The molecular weight excluding hydrogens is 929 g/mol. The van der Waals surface area contributed by atoms with E-state index in [1.807, 2.05) is 77.9 Å². The van der Waals surface area contributed by atoms with Crippen LogP contribution >= 0.6 is 23.5 Å². The third-order valence-corrected chi connectivity index (χ3v) is 17.6. The highest BCUT2D eigenvalue weighted by Crippen LogP contribution is 2.48. The van der Waals surface area contributed by atoms with Gasteiger partial charge in [0.1, 0.15) is 24.2 Å². The Bertz CT molecular complexity index is 2120. The van der Waals surface area contributed by atoms with Crippen LogP contribution in [0.5, 0.6) is 0 Å². The molecule has 5 saturated heterocycles. The number of carbonyl (C=O) groups is 8. The Morgan fingerprint density at radius 3 is 1.66 bits per heavy atom. The van der Waals surface area contributed by atoms with Gasteiger partial charge in [0, 0.05) is 38.5 Å². The highest BCUT2D eigenvalue weighted by atomic mass is 32.2. The minimum absolute atomic E-state index is 0.144. The van der Waals surface area contributed by atoms with Crippen LogP contribution in [0.1, 0.15) is 110 Å². The second-order valence-corrected chi connectivity index (χ2v) is 23.6. The zero-order valence-corrected chi connectivity index (χ0v) is 43.5. The van der Waals surface area contributed by atoms with Gasteiger partial charge >= 0.3 is 0 Å². The SMILES string of the molecule is CC[C@@H](C)C(=O)N[C@H]1CCS[C@H]2CC(C)(C)[C@@H](C(=O)N[C@H](C(=O)N3CCN(C(=O)[C@@H](CC(=O)[C@H]4N5C(=O)[C@@H](NC(=O)[C@H](C)NC)CCS[C@H]5CC4(C)C)c4ccccc4)CC3)c3ccccc3)N2C1=O. The number of carbonyl (C=O) groups excluding carboxylic acids is 8. The maximum absolute atomic E-state index is 14.8. The summed E-state index contributed by atoms with van der Waals surface area (Å²) in [5.41, 5.74) is 0.00188. The number of thioether (sulfide) groups is 2. The van der Waals surface area contributed by atoms with Crippen LogP contribution in [0.4, 0.5) is 0 Å². The van der Waals surface area contributed by atoms with Crippen molar-refractivity contribution >= 4 is 70.7 Å². The molecule has 0 bridgehead atoms. The molecule has 0 radical (unpaired) electrons. The molecular formula is C52H72N8O8S2. The van der Waals surface area contributed by atoms with Gasteiger partial charge in [-0.1, -0.05) is 102 Å². The lowest BCUT2D eigenvalue weighted by Gasteiger charge is -2.39. The molecule has 380 valence electrons. The van der Waals surface area contributed by atoms with Gasteiger partial charge < -0.3 is 40.9 Å². The number of nitrogens with one attached hydrogen (secondary N) is 4. The molecule has 0 saturated carbocycles. The molecule has 2 aromatic carbocycles. The van der Waals surface area contributed by atoms with E-state index in [2.05, 4.69) is 21.3 Å². The molecule has 5 aliphatic rings. The maximum Gasteiger partial charge on any atom is 0.249 e. The summed E-state index contributed by atoms with van der Waals surface area (Å²) < 4.78 is 0. The summed E-state index contributed by atoms with van der Waals surface area (Å²) in [6, 6.07) is 13.3. The van der Waals surface area contributed by atoms with Crippen LogP contribution in [0.3, 0.4) is 0 Å². The van der Waals surface area contributed by atoms with E-state index in [0.717, 1.165) is 0 Å². The van der Waals surface area contributed by atoms with Gasteiger partial charge in [0.05, 0.1) is 28.7 Å². The van der Waals surface area contributed by atoms with Crippen molar-refractivity contribution in [3.8, 4) is 0 Å². The topological polar surface area (TPSA) is 198 Å². The second kappa shape index (κ2) is 22.2. The molecule has 7 rings (SSSR count). The average molecular weight is 1000 g/mol. The Labute approximate surface area is 421 Å². The normalized spacial score (nSPS) is 26.9. The summed E-state index contributed by atoms with van der Waals surface area (Å²) in [6.07, 6.45) is 2.53. The fraction of sp³-hybridized carbons (Fsp3) is 0.615. The first-order valence-electron chi connectivity index (χ1n) is 24.9. The number of nitrogens with zero attached hydrogens (tertiary/aromatic N) is 4. The molecule has 18 heteroatoms. The van der Waals surface area contributed by atoms with Crippen LogP contribution in [-0.2, 0) is 38.4 Å². The molecule has 70 heavy (non-hydrogen) atoms. The predicted molar refractivity (Wildman–Crippen MR) is 271 cm³/mol. The maximum atomic E-state index is 14.8. The first kappa shape index (κ1) is 52.9. The Balaban J connectivity index is 1.06. The van der Waals surface area contributed by atoms with Gasteiger partial charge in [0.15, 0.2) is 5.78 Å². The van der Waals surface area contributed by atoms with Crippen molar-refractivity contribution in [3.63, 3.8) is 0 Å². The minimum atomic E-state index is -1.09. The van der Waals surface area contributed by atoms with Crippen molar-refractivity contribution in [3.05, 3.63) is 71.8 Å². The van der Waals surface area contributed by atoms with Gasteiger partial charge in [-0.3, -0.25) is 38.4 Å². The summed E-state index contributed by atoms with van der Waals surface area (Å²) in [5, 5.41) is 11.3. The van der Waals surface area contributed by atoms with Crippen molar-refractivity contribution in [1.29, 1.82) is 0 Å². The molecule has 5 fully saturated rings. The lowest BCUT2D eigenvalue weighted by Crippen LogP contribution is -2.59. The summed E-state index contributed by atoms with van der Waals surface area (Å²) in [4.78, 5) is 120. The first-order chi connectivity index (χ1) is 33.3. The Kier molecular flexibility index (Phi) is 16.8. The highest BCUT2D eigenvalue weighted by molar-refractivity contribution is 8.00. The smallest absolute Gasteiger partial charge is 0.249 e. The number of piperazine rings is 1. The fourth-order valence-corrected chi connectivity index (χ4v) is 13.9. The van der Waals surface area contributed by atoms with E-state index in [-0.39, 0.29) is 90.5 Å². The Morgan fingerprint density at radius 2 is 1.14 bits per heavy atom. The zero-order chi connectivity index (χ0) is 50.7. The summed E-state index contributed by atoms with van der Waals surface area (Å²) in [7, 11) is 1.68. The van der Waals surface area contributed by atoms with Gasteiger partial charge in [-0.25, -0.2) is 0 Å². The number of rotatable bonds is 15. The molecule has 0 aromatic heterocycles. The molecule has 0 aliphatic carbocycles. The van der Waals surface area contributed by atoms with Gasteiger partial charge in [0.25, 0.3) is 0 Å². The van der Waals surface area contributed by atoms with Crippen LogP contribution < -0.4 is 21.3 Å². The number of fused-ring (bicyclic) bond motifs is 2. The molecule has 10 atom stereocenters. The largest absolute Gasteiger partial charge is 0.344 e. The number of amides is 7. The van der Waals surface area contributed by atoms with Gasteiger partial charge in [0.2, 0.25) is 41.4 Å². The summed E-state index contributed by atoms with van der Waals surface area (Å²) in [6.45, 7) is 14.1. The van der Waals surface area contributed by atoms with E-state index in [0.29, 0.717) is 54.7 Å². The van der Waals surface area contributed by atoms with E-state index in [4.69, 9.17) is 0 Å². The monoisotopic (exact) mass is 1000 g/mol. The van der Waals surface area contributed by atoms with Crippen LogP contribution in [0.15, 0.2) is 60.7 Å². The van der Waals surface area contributed by atoms with Crippen molar-refractivity contribution in [1.82, 2.24) is 40.9 Å². The minimum Gasteiger partial charge on any atom is -0.344 e.